The first-order valence-corrected chi connectivity index (χ1v) is 4.90. The molecule has 3 N–H and O–H groups in total. The molecule has 6 heteroatoms. The molecule has 0 saturated heterocycles. The molecule has 1 aliphatic heterocycles. The maximum Gasteiger partial charge on any atom is 0.402 e. The van der Waals surface area contributed by atoms with Gasteiger partial charge in [0, 0.05) is 29.5 Å². The summed E-state index contributed by atoms with van der Waals surface area (Å²) in [5.74, 6) is 0. The van der Waals surface area contributed by atoms with Gasteiger partial charge >= 0.3 is 6.09 Å². The van der Waals surface area contributed by atoms with Crippen molar-refractivity contribution in [3.05, 3.63) is 29.8 Å². The van der Waals surface area contributed by atoms with E-state index in [-0.39, 0.29) is 0 Å². The van der Waals surface area contributed by atoms with Crippen LogP contribution >= 0.6 is 11.9 Å². The highest BCUT2D eigenvalue weighted by Gasteiger charge is 2.07. The second kappa shape index (κ2) is 5.26. The highest BCUT2D eigenvalue weighted by atomic mass is 32.2. The summed E-state index contributed by atoms with van der Waals surface area (Å²) in [6, 6.07) is 8.23. The highest BCUT2D eigenvalue weighted by molar-refractivity contribution is 7.97. The Morgan fingerprint density at radius 3 is 2.80 bits per heavy atom. The van der Waals surface area contributed by atoms with Crippen LogP contribution in [0.4, 0.5) is 4.79 Å². The van der Waals surface area contributed by atoms with Gasteiger partial charge in [-0.3, -0.25) is 0 Å². The Morgan fingerprint density at radius 2 is 2.13 bits per heavy atom. The quantitative estimate of drug-likeness (QED) is 0.657. The molecule has 0 bridgehead atoms. The molecule has 0 spiro atoms. The molecule has 0 radical (unpaired) electrons. The maximum atomic E-state index is 8.78. The number of benzene rings is 1. The molecule has 0 saturated carbocycles. The first-order valence-electron chi connectivity index (χ1n) is 4.12. The van der Waals surface area contributed by atoms with E-state index in [1.54, 1.807) is 11.9 Å². The zero-order chi connectivity index (χ0) is 11.3. The van der Waals surface area contributed by atoms with Gasteiger partial charge in [-0.15, -0.1) is 0 Å². The SMILES string of the molecule is CN1N=Cc2ccccc2S1.NC(=O)O. The van der Waals surface area contributed by atoms with E-state index in [9.17, 15) is 0 Å². The van der Waals surface area contributed by atoms with Crippen molar-refractivity contribution in [2.24, 2.45) is 10.8 Å². The minimum Gasteiger partial charge on any atom is -0.465 e. The number of hydrazone groups is 1. The van der Waals surface area contributed by atoms with Crippen LogP contribution in [0.2, 0.25) is 0 Å². The number of carboxylic acid groups (broad SMARTS) is 1. The minimum absolute atomic E-state index is 1.20. The maximum absolute atomic E-state index is 8.78. The molecule has 15 heavy (non-hydrogen) atoms. The molecule has 0 fully saturated rings. The average molecular weight is 225 g/mol. The Kier molecular flexibility index (Phi) is 3.99. The largest absolute Gasteiger partial charge is 0.465 e. The van der Waals surface area contributed by atoms with Crippen molar-refractivity contribution < 1.29 is 9.90 Å². The molecule has 1 aromatic carbocycles. The monoisotopic (exact) mass is 225 g/mol. The number of hydrogen-bond donors (Lipinski definition) is 2. The average Bonchev–Trinajstić information content (AvgIpc) is 2.16. The summed E-state index contributed by atoms with van der Waals surface area (Å²) in [5.41, 5.74) is 5.23. The van der Waals surface area contributed by atoms with Crippen LogP contribution in [0.25, 0.3) is 0 Å². The molecule has 0 unspecified atom stereocenters. The lowest BCUT2D eigenvalue weighted by Gasteiger charge is -2.16. The lowest BCUT2D eigenvalue weighted by molar-refractivity contribution is 0.205. The second-order valence-electron chi connectivity index (χ2n) is 2.68. The van der Waals surface area contributed by atoms with Crippen molar-refractivity contribution >= 4 is 24.3 Å². The van der Waals surface area contributed by atoms with Crippen LogP contribution in [0.15, 0.2) is 34.3 Å². The molecular formula is C9H11N3O2S. The van der Waals surface area contributed by atoms with Gasteiger partial charge in [0.05, 0.1) is 6.21 Å². The van der Waals surface area contributed by atoms with E-state index in [0.29, 0.717) is 0 Å². The summed E-state index contributed by atoms with van der Waals surface area (Å²) >= 11 is 1.65. The summed E-state index contributed by atoms with van der Waals surface area (Å²) in [5, 5.41) is 11.3. The van der Waals surface area contributed by atoms with Gasteiger partial charge in [0.25, 0.3) is 0 Å². The van der Waals surface area contributed by atoms with Crippen molar-refractivity contribution in [1.82, 2.24) is 4.41 Å². The summed E-state index contributed by atoms with van der Waals surface area (Å²) in [7, 11) is 1.94. The van der Waals surface area contributed by atoms with Gasteiger partial charge in [-0.1, -0.05) is 18.2 Å². The minimum atomic E-state index is -1.33. The molecule has 0 aliphatic carbocycles. The van der Waals surface area contributed by atoms with Gasteiger partial charge < -0.3 is 10.8 Å². The summed E-state index contributed by atoms with van der Waals surface area (Å²) < 4.78 is 1.85. The van der Waals surface area contributed by atoms with E-state index in [2.05, 4.69) is 23.0 Å². The van der Waals surface area contributed by atoms with Crippen LogP contribution in [0.5, 0.6) is 0 Å². The van der Waals surface area contributed by atoms with Gasteiger partial charge in [0.1, 0.15) is 0 Å². The summed E-state index contributed by atoms with van der Waals surface area (Å²) in [6.07, 6.45) is 0.547. The standard InChI is InChI=1S/C8H8N2S.CH3NO2/c1-10-9-6-7-4-2-3-5-8(7)11-10;2-1(3)4/h2-6H,1H3;2H2,(H,3,4). The number of carbonyl (C=O) groups is 1. The Hall–Kier alpha value is -1.69. The zero-order valence-electron chi connectivity index (χ0n) is 8.12. The van der Waals surface area contributed by atoms with Crippen LogP contribution in [-0.2, 0) is 0 Å². The molecule has 1 aliphatic rings. The molecule has 1 amide bonds. The van der Waals surface area contributed by atoms with E-state index in [1.807, 2.05) is 29.8 Å². The fourth-order valence-electron chi connectivity index (χ4n) is 0.980. The Bertz CT molecular complexity index is 377. The summed E-state index contributed by atoms with van der Waals surface area (Å²) in [4.78, 5) is 10.0. The van der Waals surface area contributed by atoms with Gasteiger partial charge in [0.2, 0.25) is 0 Å². The van der Waals surface area contributed by atoms with E-state index >= 15 is 0 Å². The fraction of sp³-hybridized carbons (Fsp3) is 0.111. The predicted molar refractivity (Wildman–Crippen MR) is 59.9 cm³/mol. The van der Waals surface area contributed by atoms with Crippen LogP contribution in [0.1, 0.15) is 5.56 Å². The van der Waals surface area contributed by atoms with Gasteiger partial charge in [-0.05, 0) is 6.07 Å². The van der Waals surface area contributed by atoms with E-state index in [4.69, 9.17) is 9.90 Å². The van der Waals surface area contributed by atoms with Crippen molar-refractivity contribution in [2.75, 3.05) is 7.05 Å². The van der Waals surface area contributed by atoms with Crippen LogP contribution in [-0.4, -0.2) is 28.9 Å². The number of primary amides is 1. The van der Waals surface area contributed by atoms with Crippen molar-refractivity contribution in [2.45, 2.75) is 4.90 Å². The number of rotatable bonds is 0. The second-order valence-corrected chi connectivity index (χ2v) is 3.83. The molecule has 0 atom stereocenters. The van der Waals surface area contributed by atoms with Crippen LogP contribution < -0.4 is 5.73 Å². The number of amides is 1. The van der Waals surface area contributed by atoms with Gasteiger partial charge in [-0.25, -0.2) is 9.21 Å². The lowest BCUT2D eigenvalue weighted by Crippen LogP contribution is -2.06. The van der Waals surface area contributed by atoms with Gasteiger partial charge in [-0.2, -0.15) is 5.10 Å². The molecule has 80 valence electrons. The molecule has 5 nitrogen and oxygen atoms in total. The number of fused-ring (bicyclic) bond motifs is 1. The zero-order valence-corrected chi connectivity index (χ0v) is 8.94. The molecule has 1 heterocycles. The smallest absolute Gasteiger partial charge is 0.402 e. The molecular weight excluding hydrogens is 214 g/mol. The number of nitrogens with two attached hydrogens (primary N) is 1. The normalized spacial score (nSPS) is 12.5. The third-order valence-electron chi connectivity index (χ3n) is 1.51. The van der Waals surface area contributed by atoms with Crippen LogP contribution in [0, 0.1) is 0 Å². The summed E-state index contributed by atoms with van der Waals surface area (Å²) in [6.45, 7) is 0. The van der Waals surface area contributed by atoms with Gasteiger partial charge in [0.15, 0.2) is 0 Å². The lowest BCUT2D eigenvalue weighted by atomic mass is 10.2. The van der Waals surface area contributed by atoms with Crippen LogP contribution in [0.3, 0.4) is 0 Å². The number of nitrogens with zero attached hydrogens (tertiary/aromatic N) is 2. The predicted octanol–water partition coefficient (Wildman–Crippen LogP) is 1.60. The molecule has 2 rings (SSSR count). The third-order valence-corrected chi connectivity index (χ3v) is 2.44. The molecule has 1 aromatic rings. The first-order chi connectivity index (χ1) is 7.09. The molecule has 0 aromatic heterocycles. The van der Waals surface area contributed by atoms with E-state index in [0.717, 1.165) is 0 Å². The Balaban J connectivity index is 0.000000245. The topological polar surface area (TPSA) is 78.9 Å². The van der Waals surface area contributed by atoms with Crippen molar-refractivity contribution in [3.8, 4) is 0 Å². The van der Waals surface area contributed by atoms with E-state index in [1.165, 1.54) is 10.5 Å². The third kappa shape index (κ3) is 3.90. The Morgan fingerprint density at radius 1 is 1.53 bits per heavy atom. The first kappa shape index (κ1) is 11.4. The fourth-order valence-corrected chi connectivity index (χ4v) is 1.72. The van der Waals surface area contributed by atoms with Crippen molar-refractivity contribution in [1.29, 1.82) is 0 Å². The van der Waals surface area contributed by atoms with Crippen molar-refractivity contribution in [3.63, 3.8) is 0 Å². The highest BCUT2D eigenvalue weighted by Crippen LogP contribution is 2.27. The Labute approximate surface area is 91.7 Å². The number of hydrogen-bond acceptors (Lipinski definition) is 4. The van der Waals surface area contributed by atoms with E-state index < -0.39 is 6.09 Å².